The number of benzene rings is 4. The van der Waals surface area contributed by atoms with Gasteiger partial charge in [0.1, 0.15) is 0 Å². The van der Waals surface area contributed by atoms with Crippen molar-refractivity contribution in [2.24, 2.45) is 0 Å². The molecule has 2 N–H and O–H groups in total. The van der Waals surface area contributed by atoms with Gasteiger partial charge in [-0.05, 0) is 60.7 Å². The van der Waals surface area contributed by atoms with Crippen LogP contribution in [0.1, 0.15) is 41.4 Å². The molecule has 2 aliphatic rings. The molecule has 170 valence electrons. The predicted octanol–water partition coefficient (Wildman–Crippen LogP) is 3.87. The SMILES string of the molecule is CN(c1ccccc1)N1C(=O)c2ccc3c4c(ccc(c24)C1=O)C(=O)N(c1ccc(N)cc1)C3=O. The van der Waals surface area contributed by atoms with E-state index in [0.29, 0.717) is 27.8 Å². The maximum atomic E-state index is 13.5. The van der Waals surface area contributed by atoms with Crippen LogP contribution >= 0.6 is 0 Å². The van der Waals surface area contributed by atoms with Gasteiger partial charge in [0.25, 0.3) is 23.6 Å². The minimum Gasteiger partial charge on any atom is -0.399 e. The van der Waals surface area contributed by atoms with Gasteiger partial charge in [-0.25, -0.2) is 4.90 Å². The van der Waals surface area contributed by atoms with Gasteiger partial charge in [0.15, 0.2) is 0 Å². The normalized spacial score (nSPS) is 14.7. The Balaban J connectivity index is 1.52. The van der Waals surface area contributed by atoms with E-state index in [-0.39, 0.29) is 22.3 Å². The molecule has 0 saturated heterocycles. The van der Waals surface area contributed by atoms with Crippen molar-refractivity contribution >= 4 is 51.5 Å². The molecule has 0 fully saturated rings. The van der Waals surface area contributed by atoms with E-state index in [9.17, 15) is 19.2 Å². The van der Waals surface area contributed by atoms with Crippen molar-refractivity contribution in [3.8, 4) is 0 Å². The third-order valence-corrected chi connectivity index (χ3v) is 6.45. The summed E-state index contributed by atoms with van der Waals surface area (Å²) >= 11 is 0. The molecule has 0 unspecified atom stereocenters. The lowest BCUT2D eigenvalue weighted by Gasteiger charge is -2.36. The van der Waals surface area contributed by atoms with Gasteiger partial charge in [-0.3, -0.25) is 24.2 Å². The Morgan fingerprint density at radius 3 is 1.54 bits per heavy atom. The van der Waals surface area contributed by atoms with Crippen molar-refractivity contribution < 1.29 is 19.2 Å². The van der Waals surface area contributed by atoms with Gasteiger partial charge in [0.2, 0.25) is 0 Å². The van der Waals surface area contributed by atoms with Crippen LogP contribution in [-0.2, 0) is 0 Å². The van der Waals surface area contributed by atoms with Crippen LogP contribution in [0.5, 0.6) is 0 Å². The Morgan fingerprint density at radius 1 is 0.600 bits per heavy atom. The highest BCUT2D eigenvalue weighted by molar-refractivity contribution is 6.39. The molecule has 6 rings (SSSR count). The number of rotatable bonds is 3. The molecule has 8 heteroatoms. The summed E-state index contributed by atoms with van der Waals surface area (Å²) in [7, 11) is 1.64. The van der Waals surface area contributed by atoms with E-state index < -0.39 is 23.6 Å². The summed E-state index contributed by atoms with van der Waals surface area (Å²) in [5.74, 6) is -2.11. The minimum atomic E-state index is -0.529. The molecule has 4 aromatic carbocycles. The molecule has 0 radical (unpaired) electrons. The van der Waals surface area contributed by atoms with E-state index in [1.807, 2.05) is 18.2 Å². The smallest absolute Gasteiger partial charge is 0.280 e. The number of hydrazine groups is 1. The van der Waals surface area contributed by atoms with Crippen molar-refractivity contribution in [3.63, 3.8) is 0 Å². The average molecular weight is 462 g/mol. The Hall–Kier alpha value is -4.98. The molecule has 8 nitrogen and oxygen atoms in total. The van der Waals surface area contributed by atoms with Gasteiger partial charge >= 0.3 is 0 Å². The first-order valence-electron chi connectivity index (χ1n) is 10.9. The lowest BCUT2D eigenvalue weighted by Crippen LogP contribution is -2.51. The number of carbonyl (C=O) groups excluding carboxylic acids is 4. The second-order valence-corrected chi connectivity index (χ2v) is 8.39. The van der Waals surface area contributed by atoms with Gasteiger partial charge in [-0.15, -0.1) is 0 Å². The van der Waals surface area contributed by atoms with Crippen LogP contribution in [0.3, 0.4) is 0 Å². The van der Waals surface area contributed by atoms with Crippen LogP contribution in [0, 0.1) is 0 Å². The Kier molecular flexibility index (Phi) is 4.28. The van der Waals surface area contributed by atoms with Gasteiger partial charge in [0, 0.05) is 34.6 Å². The molecular weight excluding hydrogens is 444 g/mol. The molecule has 35 heavy (non-hydrogen) atoms. The summed E-state index contributed by atoms with van der Waals surface area (Å²) in [6, 6.07) is 21.6. The number of hydrogen-bond donors (Lipinski definition) is 1. The molecule has 0 aromatic heterocycles. The Labute approximate surface area is 199 Å². The Bertz CT molecular complexity index is 1520. The van der Waals surface area contributed by atoms with Crippen molar-refractivity contribution in [1.82, 2.24) is 5.01 Å². The fraction of sp³-hybridized carbons (Fsp3) is 0.0370. The van der Waals surface area contributed by atoms with Gasteiger partial charge in [0.05, 0.1) is 22.5 Å². The monoisotopic (exact) mass is 462 g/mol. The molecule has 4 aromatic rings. The Morgan fingerprint density at radius 2 is 1.06 bits per heavy atom. The first kappa shape index (κ1) is 20.6. The van der Waals surface area contributed by atoms with E-state index in [1.54, 1.807) is 67.7 Å². The lowest BCUT2D eigenvalue weighted by molar-refractivity contribution is 0.0599. The number of para-hydroxylation sites is 1. The maximum absolute atomic E-state index is 13.5. The first-order chi connectivity index (χ1) is 16.9. The fourth-order valence-corrected chi connectivity index (χ4v) is 4.75. The first-order valence-corrected chi connectivity index (χ1v) is 10.9. The third-order valence-electron chi connectivity index (χ3n) is 6.45. The van der Waals surface area contributed by atoms with Gasteiger partial charge in [-0.2, -0.15) is 5.01 Å². The molecule has 2 heterocycles. The van der Waals surface area contributed by atoms with Crippen molar-refractivity contribution in [1.29, 1.82) is 0 Å². The second kappa shape index (κ2) is 7.26. The molecule has 0 spiro atoms. The van der Waals surface area contributed by atoms with E-state index in [0.717, 1.165) is 9.91 Å². The predicted molar refractivity (Wildman–Crippen MR) is 131 cm³/mol. The highest BCUT2D eigenvalue weighted by Gasteiger charge is 2.41. The van der Waals surface area contributed by atoms with E-state index in [2.05, 4.69) is 0 Å². The van der Waals surface area contributed by atoms with Crippen LogP contribution in [-0.4, -0.2) is 35.7 Å². The zero-order chi connectivity index (χ0) is 24.4. The van der Waals surface area contributed by atoms with Crippen LogP contribution < -0.4 is 15.6 Å². The second-order valence-electron chi connectivity index (χ2n) is 8.39. The number of imide groups is 2. The highest BCUT2D eigenvalue weighted by atomic mass is 16.2. The molecular formula is C27H18N4O4. The molecule has 0 saturated carbocycles. The average Bonchev–Trinajstić information content (AvgIpc) is 2.87. The van der Waals surface area contributed by atoms with Crippen LogP contribution in [0.4, 0.5) is 17.1 Å². The molecule has 4 amide bonds. The quantitative estimate of drug-likeness (QED) is 0.366. The maximum Gasteiger partial charge on any atom is 0.280 e. The van der Waals surface area contributed by atoms with Crippen LogP contribution in [0.25, 0.3) is 10.8 Å². The molecule has 0 bridgehead atoms. The number of hydrogen-bond acceptors (Lipinski definition) is 6. The summed E-state index contributed by atoms with van der Waals surface area (Å²) in [6.45, 7) is 0. The number of nitrogens with two attached hydrogens (primary N) is 1. The largest absolute Gasteiger partial charge is 0.399 e. The number of anilines is 3. The van der Waals surface area contributed by atoms with E-state index in [4.69, 9.17) is 5.73 Å². The zero-order valence-electron chi connectivity index (χ0n) is 18.6. The van der Waals surface area contributed by atoms with Crippen molar-refractivity contribution in [3.05, 3.63) is 101 Å². The minimum absolute atomic E-state index is 0.252. The number of carbonyl (C=O) groups is 4. The number of nitrogens with zero attached hydrogens (tertiary/aromatic N) is 3. The zero-order valence-corrected chi connectivity index (χ0v) is 18.6. The summed E-state index contributed by atoms with van der Waals surface area (Å²) in [5, 5.41) is 3.21. The van der Waals surface area contributed by atoms with Gasteiger partial charge < -0.3 is 5.73 Å². The fourth-order valence-electron chi connectivity index (χ4n) is 4.75. The highest BCUT2D eigenvalue weighted by Crippen LogP contribution is 2.39. The molecule has 0 aliphatic carbocycles. The van der Waals surface area contributed by atoms with Crippen molar-refractivity contribution in [2.45, 2.75) is 0 Å². The molecule has 0 atom stereocenters. The summed E-state index contributed by atoms with van der Waals surface area (Å²) < 4.78 is 0. The summed E-state index contributed by atoms with van der Waals surface area (Å²) in [4.78, 5) is 55.0. The van der Waals surface area contributed by atoms with E-state index >= 15 is 0 Å². The lowest BCUT2D eigenvalue weighted by atomic mass is 9.86. The number of amides is 4. The topological polar surface area (TPSA) is 104 Å². The number of nitrogen functional groups attached to an aromatic ring is 1. The van der Waals surface area contributed by atoms with Crippen LogP contribution in [0.2, 0.25) is 0 Å². The third kappa shape index (κ3) is 2.80. The van der Waals surface area contributed by atoms with Gasteiger partial charge in [-0.1, -0.05) is 18.2 Å². The summed E-state index contributed by atoms with van der Waals surface area (Å²) in [5.41, 5.74) is 8.32. The standard InChI is InChI=1S/C27H18N4O4/c1-29(16-5-3-2-4-6-16)31-26(34)20-13-11-18-22-19(12-14-21(23(20)22)27(31)35)25(33)30(24(18)32)17-9-7-15(28)8-10-17/h2-14H,28H2,1H3. The van der Waals surface area contributed by atoms with Crippen LogP contribution in [0.15, 0.2) is 78.9 Å². The van der Waals surface area contributed by atoms with E-state index in [1.165, 1.54) is 5.01 Å². The summed E-state index contributed by atoms with van der Waals surface area (Å²) in [6.07, 6.45) is 0. The molecule has 2 aliphatic heterocycles. The van der Waals surface area contributed by atoms with Crippen molar-refractivity contribution in [2.75, 3.05) is 22.7 Å².